The summed E-state index contributed by atoms with van der Waals surface area (Å²) in [4.78, 5) is 41.1. The van der Waals surface area contributed by atoms with Crippen molar-refractivity contribution in [2.75, 3.05) is 18.9 Å². The van der Waals surface area contributed by atoms with E-state index in [1.54, 1.807) is 0 Å². The third kappa shape index (κ3) is 5.73. The van der Waals surface area contributed by atoms with Crippen LogP contribution in [0.5, 0.6) is 0 Å². The Kier molecular flexibility index (Phi) is 8.08. The summed E-state index contributed by atoms with van der Waals surface area (Å²) in [7, 11) is 0. The number of pyridine rings is 1. The number of imidazole rings is 1. The summed E-state index contributed by atoms with van der Waals surface area (Å²) in [5, 5.41) is 7.89. The van der Waals surface area contributed by atoms with Gasteiger partial charge in [-0.1, -0.05) is 12.2 Å². The van der Waals surface area contributed by atoms with Crippen LogP contribution in [-0.2, 0) is 44.0 Å². The van der Waals surface area contributed by atoms with Crippen molar-refractivity contribution in [1.29, 1.82) is 5.41 Å². The summed E-state index contributed by atoms with van der Waals surface area (Å²) < 4.78 is 74.8. The van der Waals surface area contributed by atoms with Gasteiger partial charge in [0.1, 0.15) is 41.2 Å². The van der Waals surface area contributed by atoms with Crippen LogP contribution in [0.3, 0.4) is 0 Å². The van der Waals surface area contributed by atoms with Crippen LogP contribution in [-0.4, -0.2) is 109 Å². The number of guanidine groups is 1. The lowest BCUT2D eigenvalue weighted by molar-refractivity contribution is -0.119. The Balaban J connectivity index is 1.17. The van der Waals surface area contributed by atoms with Crippen molar-refractivity contribution < 1.29 is 45.9 Å². The first kappa shape index (κ1) is 31.5. The van der Waals surface area contributed by atoms with Gasteiger partial charge in [-0.3, -0.25) is 38.7 Å². The topological polar surface area (TPSA) is 221 Å². The van der Waals surface area contributed by atoms with Gasteiger partial charge in [0.15, 0.2) is 24.1 Å². The molecule has 5 N–H and O–H groups in total. The fourth-order valence-electron chi connectivity index (χ4n) is 5.42. The van der Waals surface area contributed by atoms with E-state index in [0.717, 1.165) is 11.8 Å². The normalized spacial score (nSPS) is 42.0. The van der Waals surface area contributed by atoms with Crippen LogP contribution in [0.4, 0.5) is 14.5 Å². The van der Waals surface area contributed by atoms with Gasteiger partial charge < -0.3 is 24.8 Å². The lowest BCUT2D eigenvalue weighted by atomic mass is 10.1. The molecule has 1 amide bonds. The quantitative estimate of drug-likeness (QED) is 0.218. The van der Waals surface area contributed by atoms with Crippen molar-refractivity contribution in [3.8, 4) is 0 Å². The number of nitrogens with zero attached hydrogens (tertiary/aromatic N) is 6. The van der Waals surface area contributed by atoms with E-state index in [1.165, 1.54) is 34.4 Å². The number of hydrogen-bond donors (Lipinski definition) is 5. The van der Waals surface area contributed by atoms with Gasteiger partial charge in [-0.05, 0) is 17.9 Å². The molecule has 24 heteroatoms. The molecule has 5 aliphatic heterocycles. The Hall–Kier alpha value is -2.10. The number of nitrogen functional groups attached to an aromatic ring is 1. The fourth-order valence-corrected chi connectivity index (χ4v) is 9.98. The molecular formula is C21H23F2N9O8P2S3. The molecule has 2 bridgehead atoms. The molecule has 242 valence electrons. The van der Waals surface area contributed by atoms with E-state index >= 15 is 8.78 Å². The van der Waals surface area contributed by atoms with Gasteiger partial charge in [0.25, 0.3) is 5.91 Å². The average Bonchev–Trinajstić information content (AvgIpc) is 3.72. The van der Waals surface area contributed by atoms with Crippen molar-refractivity contribution in [1.82, 2.24) is 24.8 Å². The number of carbonyl (C=O) groups is 1. The second kappa shape index (κ2) is 11.6. The molecule has 0 radical (unpaired) electrons. The number of aromatic nitrogens is 3. The highest BCUT2D eigenvalue weighted by molar-refractivity contribution is 8.44. The third-order valence-electron chi connectivity index (χ3n) is 7.45. The molecule has 3 saturated heterocycles. The smallest absolute Gasteiger partial charge is 0.386 e. The molecule has 11 atom stereocenters. The Morgan fingerprint density at radius 2 is 2.02 bits per heavy atom. The number of aliphatic imine (C=N–C) groups is 2. The number of fused-ring (bicyclic) bond motifs is 5. The van der Waals surface area contributed by atoms with Gasteiger partial charge in [0.05, 0.1) is 36.8 Å². The Labute approximate surface area is 266 Å². The van der Waals surface area contributed by atoms with E-state index in [1.807, 2.05) is 0 Å². The van der Waals surface area contributed by atoms with Crippen LogP contribution in [0.1, 0.15) is 6.23 Å². The number of amidine groups is 1. The molecule has 0 spiro atoms. The molecule has 45 heavy (non-hydrogen) atoms. The first-order chi connectivity index (χ1) is 21.3. The molecule has 3 unspecified atom stereocenters. The van der Waals surface area contributed by atoms with Gasteiger partial charge in [-0.15, -0.1) is 11.8 Å². The van der Waals surface area contributed by atoms with Crippen molar-refractivity contribution in [3.05, 3.63) is 18.6 Å². The van der Waals surface area contributed by atoms with E-state index in [2.05, 4.69) is 37.5 Å². The first-order valence-electron chi connectivity index (χ1n) is 13.1. The van der Waals surface area contributed by atoms with Gasteiger partial charge in [0, 0.05) is 6.20 Å². The molecule has 5 aliphatic rings. The van der Waals surface area contributed by atoms with Gasteiger partial charge in [-0.25, -0.2) is 23.3 Å². The first-order valence-corrected chi connectivity index (χ1v) is 19.3. The number of thioether (sulfide) groups is 1. The highest BCUT2D eigenvalue weighted by Crippen LogP contribution is 2.59. The minimum atomic E-state index is -4.42. The van der Waals surface area contributed by atoms with Crippen LogP contribution in [0.2, 0.25) is 0 Å². The summed E-state index contributed by atoms with van der Waals surface area (Å²) in [6.07, 6.45) is -5.88. The number of rotatable bonds is 2. The molecule has 2 aromatic rings. The van der Waals surface area contributed by atoms with Gasteiger partial charge >= 0.3 is 13.5 Å². The van der Waals surface area contributed by atoms with Crippen LogP contribution in [0, 0.1) is 5.41 Å². The lowest BCUT2D eigenvalue weighted by Crippen LogP contribution is -2.52. The summed E-state index contributed by atoms with van der Waals surface area (Å²) in [5.41, 5.74) is 6.76. The number of nitrogens with one attached hydrogen (secondary N) is 2. The highest BCUT2D eigenvalue weighted by Gasteiger charge is 2.55. The van der Waals surface area contributed by atoms with E-state index < -0.39 is 92.1 Å². The predicted octanol–water partition coefficient (Wildman–Crippen LogP) is 1.28. The number of amides is 1. The van der Waals surface area contributed by atoms with Crippen LogP contribution in [0.15, 0.2) is 28.6 Å². The summed E-state index contributed by atoms with van der Waals surface area (Å²) in [6, 6.07) is 0.433. The Morgan fingerprint density at radius 3 is 2.82 bits per heavy atom. The molecule has 17 nitrogen and oxygen atoms in total. The van der Waals surface area contributed by atoms with Crippen molar-refractivity contribution in [2.45, 2.75) is 53.5 Å². The second-order valence-electron chi connectivity index (χ2n) is 10.3. The Morgan fingerprint density at radius 1 is 1.22 bits per heavy atom. The zero-order chi connectivity index (χ0) is 31.8. The van der Waals surface area contributed by atoms with Crippen molar-refractivity contribution in [2.24, 2.45) is 9.98 Å². The van der Waals surface area contributed by atoms with Gasteiger partial charge in [-0.2, -0.15) is 4.99 Å². The fraction of sp³-hybridized carbons (Fsp3) is 0.524. The number of hydrogen-bond acceptors (Lipinski definition) is 15. The standard InChI is InChI=1S/C21H23F2N9O8P2S3/c22-10-9-4-37-42(35,44)39-14-8(38-19(11(14)23)31-5-27-12-7(24)1-2-26-16(12)31)3-36-41(34,43)40-15(10)20(45-9)32-6-28-13-17(32)29-21(25)30-18(13)33/h1-2,5-6,8-11,13-15,19-20H,3-4H2,(H2,24,26)(H,34,43)(H,35,44)(H2,25,30,33)/t8-,9-,10+,11+,13?,14-,15-,19-,20-,41?,42?/m1/s1. The van der Waals surface area contributed by atoms with Crippen molar-refractivity contribution >= 4 is 90.2 Å². The molecule has 7 rings (SSSR count). The molecule has 2 aromatic heterocycles. The second-order valence-corrected chi connectivity index (χ2v) is 17.3. The number of ether oxygens (including phenoxy) is 1. The van der Waals surface area contributed by atoms with Crippen LogP contribution < -0.4 is 11.1 Å². The van der Waals surface area contributed by atoms with Crippen LogP contribution >= 0.6 is 37.5 Å². The average molecular weight is 726 g/mol. The van der Waals surface area contributed by atoms with Crippen molar-refractivity contribution in [3.63, 3.8) is 0 Å². The summed E-state index contributed by atoms with van der Waals surface area (Å²) >= 11 is 10.1. The van der Waals surface area contributed by atoms with E-state index in [-0.39, 0.29) is 11.5 Å². The monoisotopic (exact) mass is 725 g/mol. The summed E-state index contributed by atoms with van der Waals surface area (Å²) in [5.74, 6) is -1.02. The molecule has 0 saturated carbocycles. The molecular weight excluding hydrogens is 702 g/mol. The minimum absolute atomic E-state index is 0.0285. The van der Waals surface area contributed by atoms with Gasteiger partial charge in [0.2, 0.25) is 5.96 Å². The minimum Gasteiger partial charge on any atom is -0.397 e. The maximum absolute atomic E-state index is 16.0. The summed E-state index contributed by atoms with van der Waals surface area (Å²) in [6.45, 7) is -9.85. The largest absolute Gasteiger partial charge is 0.397 e. The molecule has 7 heterocycles. The van der Waals surface area contributed by atoms with Crippen LogP contribution in [0.25, 0.3) is 11.2 Å². The number of nitrogens with two attached hydrogens (primary N) is 1. The third-order valence-corrected chi connectivity index (χ3v) is 12.1. The SMILES string of the molecule is N=C1N=C2C(N=CN2[C@@H]2S[C@@H]3COP(O)(=S)O[C@H]4[C@H](F)[C@H](n5cnc6c(N)ccnc65)O[C@@H]4COP(=O)(S)O[C@@H]2[C@H]3F)C(=O)N1. The molecule has 0 aromatic carbocycles. The Bertz CT molecular complexity index is 1740. The molecule has 3 fully saturated rings. The number of anilines is 1. The highest BCUT2D eigenvalue weighted by atomic mass is 32.7. The molecule has 0 aliphatic carbocycles. The zero-order valence-corrected chi connectivity index (χ0v) is 26.7. The maximum atomic E-state index is 16.0. The number of carbonyl (C=O) groups excluding carboxylic acids is 1. The van der Waals surface area contributed by atoms with E-state index in [9.17, 15) is 14.3 Å². The van der Waals surface area contributed by atoms with E-state index in [0.29, 0.717) is 11.2 Å². The number of halogens is 2. The number of thiol groups is 1. The maximum Gasteiger partial charge on any atom is 0.386 e. The lowest BCUT2D eigenvalue weighted by Gasteiger charge is -2.31. The number of alkyl halides is 2. The van der Waals surface area contributed by atoms with E-state index in [4.69, 9.17) is 45.8 Å². The predicted molar refractivity (Wildman–Crippen MR) is 163 cm³/mol. The zero-order valence-electron chi connectivity index (χ0n) is 22.4.